The number of fused-ring (bicyclic) bond motifs is 1. The Morgan fingerprint density at radius 2 is 1.69 bits per heavy atom. The lowest BCUT2D eigenvalue weighted by molar-refractivity contribution is 0.415. The first-order valence-electron chi connectivity index (χ1n) is 8.25. The highest BCUT2D eigenvalue weighted by Crippen LogP contribution is 2.42. The van der Waals surface area contributed by atoms with Gasteiger partial charge in [0.05, 0.1) is 23.8 Å². The van der Waals surface area contributed by atoms with Crippen LogP contribution in [-0.2, 0) is 0 Å². The highest BCUT2D eigenvalue weighted by Gasteiger charge is 2.23. The SMILES string of the molecule is COc1ccc(-c2c(-c3ccccc3F)oc3nc(C)nc(C)c23)cc1. The summed E-state index contributed by atoms with van der Waals surface area (Å²) in [7, 11) is 1.62. The first-order valence-corrected chi connectivity index (χ1v) is 8.25. The number of nitrogens with zero attached hydrogens (tertiary/aromatic N) is 2. The molecule has 2 aromatic heterocycles. The van der Waals surface area contributed by atoms with Crippen LogP contribution in [0.2, 0.25) is 0 Å². The lowest BCUT2D eigenvalue weighted by Crippen LogP contribution is -1.92. The van der Waals surface area contributed by atoms with Gasteiger partial charge < -0.3 is 9.15 Å². The molecule has 0 radical (unpaired) electrons. The number of ether oxygens (including phenoxy) is 1. The van der Waals surface area contributed by atoms with Crippen molar-refractivity contribution in [3.8, 4) is 28.2 Å². The predicted molar refractivity (Wildman–Crippen MR) is 98.7 cm³/mol. The molecule has 0 bridgehead atoms. The van der Waals surface area contributed by atoms with Gasteiger partial charge in [-0.15, -0.1) is 0 Å². The lowest BCUT2D eigenvalue weighted by Gasteiger charge is -2.07. The molecule has 4 nitrogen and oxygen atoms in total. The van der Waals surface area contributed by atoms with E-state index in [0.29, 0.717) is 22.9 Å². The van der Waals surface area contributed by atoms with Gasteiger partial charge >= 0.3 is 0 Å². The highest BCUT2D eigenvalue weighted by atomic mass is 19.1. The Labute approximate surface area is 150 Å². The smallest absolute Gasteiger partial charge is 0.230 e. The van der Waals surface area contributed by atoms with Crippen LogP contribution in [0.5, 0.6) is 5.75 Å². The molecule has 0 aliphatic carbocycles. The topological polar surface area (TPSA) is 48.2 Å². The van der Waals surface area contributed by atoms with E-state index >= 15 is 0 Å². The molecular formula is C21H17FN2O2. The number of hydrogen-bond acceptors (Lipinski definition) is 4. The monoisotopic (exact) mass is 348 g/mol. The van der Waals surface area contributed by atoms with Crippen LogP contribution < -0.4 is 4.74 Å². The summed E-state index contributed by atoms with van der Waals surface area (Å²) in [5.41, 5.74) is 3.32. The zero-order valence-corrected chi connectivity index (χ0v) is 14.7. The van der Waals surface area contributed by atoms with Gasteiger partial charge in [0.2, 0.25) is 5.71 Å². The van der Waals surface area contributed by atoms with Crippen LogP contribution >= 0.6 is 0 Å². The molecule has 0 spiro atoms. The van der Waals surface area contributed by atoms with E-state index in [0.717, 1.165) is 28.0 Å². The molecule has 0 fully saturated rings. The van der Waals surface area contributed by atoms with Crippen LogP contribution in [0, 0.1) is 19.7 Å². The van der Waals surface area contributed by atoms with Crippen molar-refractivity contribution >= 4 is 11.1 Å². The van der Waals surface area contributed by atoms with Gasteiger partial charge in [0.1, 0.15) is 23.2 Å². The van der Waals surface area contributed by atoms with Gasteiger partial charge in [0, 0.05) is 5.56 Å². The Kier molecular flexibility index (Phi) is 3.92. The second kappa shape index (κ2) is 6.26. The summed E-state index contributed by atoms with van der Waals surface area (Å²) < 4.78 is 25.7. The Bertz CT molecular complexity index is 1100. The Morgan fingerprint density at radius 3 is 2.38 bits per heavy atom. The first kappa shape index (κ1) is 16.3. The molecule has 0 atom stereocenters. The molecule has 5 heteroatoms. The second-order valence-corrected chi connectivity index (χ2v) is 6.05. The van der Waals surface area contributed by atoms with Crippen LogP contribution in [-0.4, -0.2) is 17.1 Å². The van der Waals surface area contributed by atoms with Crippen molar-refractivity contribution in [3.05, 3.63) is 65.9 Å². The van der Waals surface area contributed by atoms with Crippen molar-refractivity contribution in [1.82, 2.24) is 9.97 Å². The number of furan rings is 1. The van der Waals surface area contributed by atoms with Crippen molar-refractivity contribution in [2.45, 2.75) is 13.8 Å². The average molecular weight is 348 g/mol. The van der Waals surface area contributed by atoms with Gasteiger partial charge in [0.15, 0.2) is 0 Å². The quantitative estimate of drug-likeness (QED) is 0.503. The summed E-state index contributed by atoms with van der Waals surface area (Å²) in [5, 5.41) is 0.791. The molecule has 2 heterocycles. The zero-order valence-electron chi connectivity index (χ0n) is 14.7. The third kappa shape index (κ3) is 2.62. The third-order valence-electron chi connectivity index (χ3n) is 4.34. The van der Waals surface area contributed by atoms with Crippen LogP contribution in [0.4, 0.5) is 4.39 Å². The largest absolute Gasteiger partial charge is 0.497 e. The van der Waals surface area contributed by atoms with E-state index in [-0.39, 0.29) is 5.82 Å². The summed E-state index contributed by atoms with van der Waals surface area (Å²) in [6, 6.07) is 14.1. The van der Waals surface area contributed by atoms with Crippen LogP contribution in [0.3, 0.4) is 0 Å². The van der Waals surface area contributed by atoms with E-state index in [1.807, 2.05) is 38.1 Å². The molecule has 0 unspecified atom stereocenters. The zero-order chi connectivity index (χ0) is 18.3. The highest BCUT2D eigenvalue weighted by molar-refractivity contribution is 6.01. The molecule has 130 valence electrons. The maximum absolute atomic E-state index is 14.5. The standard InChI is InChI=1S/C21H17FN2O2/c1-12-18-19(14-8-10-15(25-3)11-9-14)20(16-6-4-5-7-17(16)22)26-21(18)24-13(2)23-12/h4-11H,1-3H3. The fourth-order valence-corrected chi connectivity index (χ4v) is 3.17. The van der Waals surface area contributed by atoms with E-state index in [1.54, 1.807) is 25.3 Å². The number of halogens is 1. The number of aryl methyl sites for hydroxylation is 2. The van der Waals surface area contributed by atoms with Gasteiger partial charge in [-0.25, -0.2) is 9.37 Å². The molecule has 0 saturated carbocycles. The second-order valence-electron chi connectivity index (χ2n) is 6.05. The average Bonchev–Trinajstić information content (AvgIpc) is 3.01. The summed E-state index contributed by atoms with van der Waals surface area (Å²) in [6.07, 6.45) is 0. The van der Waals surface area contributed by atoms with Crippen molar-refractivity contribution in [2.24, 2.45) is 0 Å². The fraction of sp³-hybridized carbons (Fsp3) is 0.143. The summed E-state index contributed by atoms with van der Waals surface area (Å²) in [5.74, 6) is 1.47. The van der Waals surface area contributed by atoms with Crippen LogP contribution in [0.25, 0.3) is 33.6 Å². The van der Waals surface area contributed by atoms with Gasteiger partial charge in [-0.05, 0) is 43.7 Å². The van der Waals surface area contributed by atoms with Crippen molar-refractivity contribution < 1.29 is 13.5 Å². The molecule has 0 saturated heterocycles. The maximum atomic E-state index is 14.5. The van der Waals surface area contributed by atoms with Crippen molar-refractivity contribution in [2.75, 3.05) is 7.11 Å². The Morgan fingerprint density at radius 1 is 0.962 bits per heavy atom. The van der Waals surface area contributed by atoms with Crippen molar-refractivity contribution in [1.29, 1.82) is 0 Å². The predicted octanol–water partition coefficient (Wildman–Crippen LogP) is 5.32. The number of benzene rings is 2. The Balaban J connectivity index is 2.07. The third-order valence-corrected chi connectivity index (χ3v) is 4.34. The van der Waals surface area contributed by atoms with Gasteiger partial charge in [-0.3, -0.25) is 0 Å². The number of hydrogen-bond donors (Lipinski definition) is 0. The minimum absolute atomic E-state index is 0.344. The molecule has 26 heavy (non-hydrogen) atoms. The van der Waals surface area contributed by atoms with Crippen LogP contribution in [0.1, 0.15) is 11.5 Å². The van der Waals surface area contributed by atoms with Gasteiger partial charge in [-0.1, -0.05) is 24.3 Å². The minimum Gasteiger partial charge on any atom is -0.497 e. The Hall–Kier alpha value is -3.21. The lowest BCUT2D eigenvalue weighted by atomic mass is 9.98. The molecule has 4 aromatic rings. The summed E-state index contributed by atoms with van der Waals surface area (Å²) in [4.78, 5) is 8.87. The van der Waals surface area contributed by atoms with E-state index in [4.69, 9.17) is 9.15 Å². The number of rotatable bonds is 3. The first-order chi connectivity index (χ1) is 12.6. The molecule has 0 aliphatic heterocycles. The van der Waals surface area contributed by atoms with E-state index in [1.165, 1.54) is 6.07 Å². The summed E-state index contributed by atoms with van der Waals surface area (Å²) in [6.45, 7) is 3.72. The molecule has 0 aliphatic rings. The minimum atomic E-state index is -0.344. The van der Waals surface area contributed by atoms with Crippen LogP contribution in [0.15, 0.2) is 52.9 Å². The van der Waals surface area contributed by atoms with Crippen molar-refractivity contribution in [3.63, 3.8) is 0 Å². The maximum Gasteiger partial charge on any atom is 0.230 e. The molecule has 0 N–H and O–H groups in total. The number of methoxy groups -OCH3 is 1. The van der Waals surface area contributed by atoms with Gasteiger partial charge in [0.25, 0.3) is 0 Å². The number of aromatic nitrogens is 2. The summed E-state index contributed by atoms with van der Waals surface area (Å²) >= 11 is 0. The molecule has 2 aromatic carbocycles. The molecule has 0 amide bonds. The normalized spacial score (nSPS) is 11.1. The fourth-order valence-electron chi connectivity index (χ4n) is 3.17. The van der Waals surface area contributed by atoms with E-state index in [9.17, 15) is 4.39 Å². The van der Waals surface area contributed by atoms with E-state index in [2.05, 4.69) is 9.97 Å². The van der Waals surface area contributed by atoms with Gasteiger partial charge in [-0.2, -0.15) is 4.98 Å². The van der Waals surface area contributed by atoms with E-state index < -0.39 is 0 Å². The molecular weight excluding hydrogens is 331 g/mol. The molecule has 4 rings (SSSR count).